The highest BCUT2D eigenvalue weighted by atomic mass is 35.5. The van der Waals surface area contributed by atoms with Crippen molar-refractivity contribution in [1.82, 2.24) is 0 Å². The van der Waals surface area contributed by atoms with Gasteiger partial charge in [-0.1, -0.05) is 32.0 Å². The van der Waals surface area contributed by atoms with E-state index in [1.54, 1.807) is 0 Å². The van der Waals surface area contributed by atoms with E-state index < -0.39 is 0 Å². The maximum Gasteiger partial charge on any atom is 0.0639 e. The molecule has 1 aromatic carbocycles. The number of hydrogen-bond acceptors (Lipinski definition) is 2. The average Bonchev–Trinajstić information content (AvgIpc) is 2.33. The Labute approximate surface area is 109 Å². The minimum atomic E-state index is 0.539. The third-order valence-corrected chi connectivity index (χ3v) is 2.85. The van der Waals surface area contributed by atoms with Gasteiger partial charge in [-0.25, -0.2) is 0 Å². The van der Waals surface area contributed by atoms with Crippen molar-refractivity contribution in [3.8, 4) is 0 Å². The SMILES string of the molecule is CC(C)CCOCCNc1ccccc1CCl. The number of para-hydroxylation sites is 1. The Morgan fingerprint density at radius 1 is 1.24 bits per heavy atom. The molecule has 1 aromatic rings. The Bertz CT molecular complexity index is 315. The number of ether oxygens (including phenoxy) is 1. The number of benzene rings is 1. The topological polar surface area (TPSA) is 21.3 Å². The first-order chi connectivity index (χ1) is 8.24. The highest BCUT2D eigenvalue weighted by Crippen LogP contribution is 2.16. The van der Waals surface area contributed by atoms with Crippen molar-refractivity contribution in [1.29, 1.82) is 0 Å². The van der Waals surface area contributed by atoms with Gasteiger partial charge in [-0.15, -0.1) is 11.6 Å². The van der Waals surface area contributed by atoms with Gasteiger partial charge in [0.05, 0.1) is 6.61 Å². The lowest BCUT2D eigenvalue weighted by Crippen LogP contribution is -2.11. The van der Waals surface area contributed by atoms with Crippen molar-refractivity contribution in [3.05, 3.63) is 29.8 Å². The monoisotopic (exact) mass is 255 g/mol. The van der Waals surface area contributed by atoms with E-state index in [-0.39, 0.29) is 0 Å². The predicted octanol–water partition coefficient (Wildman–Crippen LogP) is 3.90. The highest BCUT2D eigenvalue weighted by molar-refractivity contribution is 6.17. The van der Waals surface area contributed by atoms with Gasteiger partial charge in [0, 0.05) is 24.7 Å². The van der Waals surface area contributed by atoms with E-state index in [4.69, 9.17) is 16.3 Å². The molecule has 0 atom stereocenters. The molecule has 0 aromatic heterocycles. The van der Waals surface area contributed by atoms with Crippen molar-refractivity contribution in [2.24, 2.45) is 5.92 Å². The van der Waals surface area contributed by atoms with Crippen LogP contribution in [-0.2, 0) is 10.6 Å². The van der Waals surface area contributed by atoms with Gasteiger partial charge < -0.3 is 10.1 Å². The second-order valence-electron chi connectivity index (χ2n) is 4.51. The first-order valence-corrected chi connectivity index (χ1v) is 6.73. The summed E-state index contributed by atoms with van der Waals surface area (Å²) in [4.78, 5) is 0. The standard InChI is InChI=1S/C14H22ClNO/c1-12(2)7-9-17-10-8-16-14-6-4-3-5-13(14)11-15/h3-6,12,16H,7-11H2,1-2H3. The predicted molar refractivity (Wildman–Crippen MR) is 74.8 cm³/mol. The fourth-order valence-electron chi connectivity index (χ4n) is 1.49. The minimum Gasteiger partial charge on any atom is -0.382 e. The lowest BCUT2D eigenvalue weighted by Gasteiger charge is -2.11. The summed E-state index contributed by atoms with van der Waals surface area (Å²) in [5.74, 6) is 1.25. The van der Waals surface area contributed by atoms with Gasteiger partial charge in [0.2, 0.25) is 0 Å². The minimum absolute atomic E-state index is 0.539. The molecule has 1 N–H and O–H groups in total. The third-order valence-electron chi connectivity index (χ3n) is 2.56. The van der Waals surface area contributed by atoms with E-state index >= 15 is 0 Å². The first-order valence-electron chi connectivity index (χ1n) is 6.19. The summed E-state index contributed by atoms with van der Waals surface area (Å²) < 4.78 is 5.54. The Hall–Kier alpha value is -0.730. The number of alkyl halides is 1. The Morgan fingerprint density at radius 2 is 2.00 bits per heavy atom. The van der Waals surface area contributed by atoms with Crippen LogP contribution in [0.25, 0.3) is 0 Å². The van der Waals surface area contributed by atoms with Crippen LogP contribution in [0, 0.1) is 5.92 Å². The summed E-state index contributed by atoms with van der Waals surface area (Å²) in [6, 6.07) is 8.10. The second kappa shape index (κ2) is 8.37. The third kappa shape index (κ3) is 5.94. The molecular weight excluding hydrogens is 234 g/mol. The summed E-state index contributed by atoms with van der Waals surface area (Å²) in [5.41, 5.74) is 2.24. The number of nitrogens with one attached hydrogen (secondary N) is 1. The van der Waals surface area contributed by atoms with Crippen LogP contribution in [0.5, 0.6) is 0 Å². The van der Waals surface area contributed by atoms with E-state index in [1.165, 1.54) is 0 Å². The fourth-order valence-corrected chi connectivity index (χ4v) is 1.72. The van der Waals surface area contributed by atoms with Gasteiger partial charge in [0.15, 0.2) is 0 Å². The van der Waals surface area contributed by atoms with Crippen LogP contribution in [0.1, 0.15) is 25.8 Å². The van der Waals surface area contributed by atoms with Crippen LogP contribution >= 0.6 is 11.6 Å². The molecule has 0 heterocycles. The fraction of sp³-hybridized carbons (Fsp3) is 0.571. The molecular formula is C14H22ClNO. The summed E-state index contributed by atoms with van der Waals surface area (Å²) in [6.07, 6.45) is 1.12. The lowest BCUT2D eigenvalue weighted by atomic mass is 10.1. The molecule has 0 saturated heterocycles. The van der Waals surface area contributed by atoms with Crippen LogP contribution in [0.4, 0.5) is 5.69 Å². The molecule has 0 unspecified atom stereocenters. The molecule has 0 radical (unpaired) electrons. The van der Waals surface area contributed by atoms with Gasteiger partial charge in [-0.3, -0.25) is 0 Å². The number of halogens is 1. The summed E-state index contributed by atoms with van der Waals surface area (Å²) in [5, 5.41) is 3.34. The molecule has 0 bridgehead atoms. The van der Waals surface area contributed by atoms with E-state index in [9.17, 15) is 0 Å². The van der Waals surface area contributed by atoms with Crippen LogP contribution in [-0.4, -0.2) is 19.8 Å². The van der Waals surface area contributed by atoms with Crippen LogP contribution < -0.4 is 5.32 Å². The largest absolute Gasteiger partial charge is 0.382 e. The summed E-state index contributed by atoms with van der Waals surface area (Å²) in [6.45, 7) is 6.82. The molecule has 0 aliphatic heterocycles. The van der Waals surface area contributed by atoms with Crippen molar-refractivity contribution < 1.29 is 4.74 Å². The van der Waals surface area contributed by atoms with Crippen molar-refractivity contribution in [3.63, 3.8) is 0 Å². The molecule has 1 rings (SSSR count). The first kappa shape index (κ1) is 14.3. The molecule has 2 nitrogen and oxygen atoms in total. The number of hydrogen-bond donors (Lipinski definition) is 1. The molecule has 0 fully saturated rings. The zero-order valence-corrected chi connectivity index (χ0v) is 11.5. The zero-order valence-electron chi connectivity index (χ0n) is 10.7. The maximum absolute atomic E-state index is 5.86. The van der Waals surface area contributed by atoms with E-state index in [0.717, 1.165) is 37.4 Å². The van der Waals surface area contributed by atoms with Gasteiger partial charge in [-0.05, 0) is 24.0 Å². The average molecular weight is 256 g/mol. The van der Waals surface area contributed by atoms with Crippen molar-refractivity contribution in [2.45, 2.75) is 26.1 Å². The normalized spacial score (nSPS) is 10.8. The molecule has 3 heteroatoms. The van der Waals surface area contributed by atoms with Gasteiger partial charge in [0.1, 0.15) is 0 Å². The molecule has 0 aliphatic carbocycles. The van der Waals surface area contributed by atoms with Crippen molar-refractivity contribution in [2.75, 3.05) is 25.1 Å². The number of rotatable bonds is 8. The second-order valence-corrected chi connectivity index (χ2v) is 4.78. The Kier molecular flexibility index (Phi) is 7.06. The number of anilines is 1. The van der Waals surface area contributed by atoms with Crippen LogP contribution in [0.3, 0.4) is 0 Å². The van der Waals surface area contributed by atoms with Gasteiger partial charge in [-0.2, -0.15) is 0 Å². The smallest absolute Gasteiger partial charge is 0.0639 e. The van der Waals surface area contributed by atoms with Gasteiger partial charge in [0.25, 0.3) is 0 Å². The van der Waals surface area contributed by atoms with Crippen molar-refractivity contribution >= 4 is 17.3 Å². The molecule has 96 valence electrons. The van der Waals surface area contributed by atoms with Crippen LogP contribution in [0.2, 0.25) is 0 Å². The lowest BCUT2D eigenvalue weighted by molar-refractivity contribution is 0.132. The van der Waals surface area contributed by atoms with Gasteiger partial charge >= 0.3 is 0 Å². The highest BCUT2D eigenvalue weighted by Gasteiger charge is 1.99. The molecule has 0 amide bonds. The zero-order chi connectivity index (χ0) is 12.5. The van der Waals surface area contributed by atoms with E-state index in [1.807, 2.05) is 24.3 Å². The van der Waals surface area contributed by atoms with E-state index in [2.05, 4.69) is 19.2 Å². The maximum atomic E-state index is 5.86. The molecule has 0 saturated carbocycles. The molecule has 17 heavy (non-hydrogen) atoms. The van der Waals surface area contributed by atoms with Crippen LogP contribution in [0.15, 0.2) is 24.3 Å². The van der Waals surface area contributed by atoms with E-state index in [0.29, 0.717) is 11.8 Å². The Balaban J connectivity index is 2.17. The molecule has 0 spiro atoms. The summed E-state index contributed by atoms with van der Waals surface area (Å²) >= 11 is 5.86. The Morgan fingerprint density at radius 3 is 2.71 bits per heavy atom. The quantitative estimate of drug-likeness (QED) is 0.562. The molecule has 0 aliphatic rings. The summed E-state index contributed by atoms with van der Waals surface area (Å²) in [7, 11) is 0.